The molecule has 92 valence electrons. The number of hydrogen-bond acceptors (Lipinski definition) is 2. The van der Waals surface area contributed by atoms with E-state index in [1.54, 1.807) is 0 Å². The number of nitrogens with two attached hydrogens (primary N) is 1. The van der Waals surface area contributed by atoms with E-state index in [0.717, 1.165) is 31.4 Å². The lowest BCUT2D eigenvalue weighted by atomic mass is 9.79. The first-order chi connectivity index (χ1) is 8.24. The maximum Gasteiger partial charge on any atom is 0.226 e. The monoisotopic (exact) mass is 232 g/mol. The van der Waals surface area contributed by atoms with Gasteiger partial charge in [0.25, 0.3) is 0 Å². The highest BCUT2D eigenvalue weighted by molar-refractivity contribution is 5.83. The van der Waals surface area contributed by atoms with Gasteiger partial charge >= 0.3 is 0 Å². The summed E-state index contributed by atoms with van der Waals surface area (Å²) in [4.78, 5) is 11.7. The average molecular weight is 232 g/mol. The van der Waals surface area contributed by atoms with Crippen molar-refractivity contribution >= 4 is 5.91 Å². The summed E-state index contributed by atoms with van der Waals surface area (Å²) < 4.78 is 0. The summed E-state index contributed by atoms with van der Waals surface area (Å²) in [6, 6.07) is 8.34. The lowest BCUT2D eigenvalue weighted by Gasteiger charge is -2.32. The number of fused-ring (bicyclic) bond motifs is 1. The van der Waals surface area contributed by atoms with Crippen LogP contribution in [0, 0.1) is 0 Å². The van der Waals surface area contributed by atoms with Gasteiger partial charge in [0.15, 0.2) is 0 Å². The molecule has 0 radical (unpaired) electrons. The van der Waals surface area contributed by atoms with Gasteiger partial charge in [0.1, 0.15) is 0 Å². The summed E-state index contributed by atoms with van der Waals surface area (Å²) in [5.41, 5.74) is 7.95. The summed E-state index contributed by atoms with van der Waals surface area (Å²) in [5, 5.41) is 3.44. The molecule has 1 aromatic carbocycles. The van der Waals surface area contributed by atoms with E-state index in [2.05, 4.69) is 18.3 Å². The molecule has 0 fully saturated rings. The smallest absolute Gasteiger partial charge is 0.226 e. The molecule has 0 aliphatic heterocycles. The molecule has 0 saturated heterocycles. The fourth-order valence-electron chi connectivity index (χ4n) is 2.66. The van der Waals surface area contributed by atoms with E-state index in [9.17, 15) is 4.79 Å². The molecule has 0 heterocycles. The zero-order chi connectivity index (χ0) is 12.3. The first-order valence-electron chi connectivity index (χ1n) is 6.34. The molecule has 17 heavy (non-hydrogen) atoms. The van der Waals surface area contributed by atoms with Gasteiger partial charge in [-0.1, -0.05) is 31.2 Å². The minimum absolute atomic E-state index is 0.175. The van der Waals surface area contributed by atoms with Crippen molar-refractivity contribution in [3.63, 3.8) is 0 Å². The molecular formula is C14H20N2O. The molecule has 0 spiro atoms. The first kappa shape index (κ1) is 12.1. The molecule has 3 heteroatoms. The van der Waals surface area contributed by atoms with Gasteiger partial charge in [-0.15, -0.1) is 0 Å². The molecule has 1 aromatic rings. The standard InChI is InChI=1S/C14H20N2O/c1-2-9-16-12-8-7-10-5-3-4-6-11(10)13(12)14(15)17/h3-6,12-13,16H,2,7-9H2,1H3,(H2,15,17). The fourth-order valence-corrected chi connectivity index (χ4v) is 2.66. The summed E-state index contributed by atoms with van der Waals surface area (Å²) in [7, 11) is 0. The molecule has 2 unspecified atom stereocenters. The van der Waals surface area contributed by atoms with Crippen LogP contribution < -0.4 is 11.1 Å². The number of primary amides is 1. The Morgan fingerprint density at radius 1 is 1.47 bits per heavy atom. The van der Waals surface area contributed by atoms with E-state index in [1.165, 1.54) is 5.56 Å². The Bertz CT molecular complexity index is 403. The Kier molecular flexibility index (Phi) is 3.79. The van der Waals surface area contributed by atoms with Crippen LogP contribution in [0.2, 0.25) is 0 Å². The van der Waals surface area contributed by atoms with Crippen LogP contribution >= 0.6 is 0 Å². The van der Waals surface area contributed by atoms with Gasteiger partial charge in [0.2, 0.25) is 5.91 Å². The predicted octanol–water partition coefficient (Wildman–Crippen LogP) is 1.57. The predicted molar refractivity (Wildman–Crippen MR) is 68.8 cm³/mol. The largest absolute Gasteiger partial charge is 0.369 e. The highest BCUT2D eigenvalue weighted by Crippen LogP contribution is 2.31. The maximum atomic E-state index is 11.7. The van der Waals surface area contributed by atoms with Gasteiger partial charge in [0, 0.05) is 6.04 Å². The highest BCUT2D eigenvalue weighted by atomic mass is 16.1. The van der Waals surface area contributed by atoms with Crippen LogP contribution in [0.3, 0.4) is 0 Å². The molecular weight excluding hydrogens is 212 g/mol. The second-order valence-electron chi connectivity index (χ2n) is 4.68. The lowest BCUT2D eigenvalue weighted by molar-refractivity contribution is -0.120. The third kappa shape index (κ3) is 2.50. The van der Waals surface area contributed by atoms with E-state index in [4.69, 9.17) is 5.73 Å². The van der Waals surface area contributed by atoms with Crippen molar-refractivity contribution in [1.29, 1.82) is 0 Å². The van der Waals surface area contributed by atoms with Gasteiger partial charge in [0.05, 0.1) is 5.92 Å². The minimum Gasteiger partial charge on any atom is -0.369 e. The number of nitrogens with one attached hydrogen (secondary N) is 1. The summed E-state index contributed by atoms with van der Waals surface area (Å²) in [5.74, 6) is -0.391. The van der Waals surface area contributed by atoms with Gasteiger partial charge < -0.3 is 11.1 Å². The van der Waals surface area contributed by atoms with Crippen molar-refractivity contribution in [2.24, 2.45) is 5.73 Å². The van der Waals surface area contributed by atoms with Crippen LogP contribution in [0.5, 0.6) is 0 Å². The Morgan fingerprint density at radius 3 is 2.94 bits per heavy atom. The molecule has 0 saturated carbocycles. The summed E-state index contributed by atoms with van der Waals surface area (Å²) >= 11 is 0. The second-order valence-corrected chi connectivity index (χ2v) is 4.68. The van der Waals surface area contributed by atoms with E-state index in [0.29, 0.717) is 0 Å². The van der Waals surface area contributed by atoms with E-state index < -0.39 is 0 Å². The van der Waals surface area contributed by atoms with Crippen molar-refractivity contribution in [3.05, 3.63) is 35.4 Å². The molecule has 1 aliphatic rings. The van der Waals surface area contributed by atoms with Crippen LogP contribution in [0.1, 0.15) is 36.8 Å². The topological polar surface area (TPSA) is 55.1 Å². The third-order valence-electron chi connectivity index (χ3n) is 3.48. The number of rotatable bonds is 4. The van der Waals surface area contributed by atoms with Gasteiger partial charge in [-0.25, -0.2) is 0 Å². The Hall–Kier alpha value is -1.35. The van der Waals surface area contributed by atoms with Crippen LogP contribution in [0.25, 0.3) is 0 Å². The Labute approximate surface area is 102 Å². The molecule has 2 atom stereocenters. The van der Waals surface area contributed by atoms with E-state index in [1.807, 2.05) is 18.2 Å². The molecule has 2 rings (SSSR count). The number of carbonyl (C=O) groups excluding carboxylic acids is 1. The highest BCUT2D eigenvalue weighted by Gasteiger charge is 2.32. The third-order valence-corrected chi connectivity index (χ3v) is 3.48. The number of carbonyl (C=O) groups is 1. The fraction of sp³-hybridized carbons (Fsp3) is 0.500. The van der Waals surface area contributed by atoms with Crippen molar-refractivity contribution < 1.29 is 4.79 Å². The molecule has 1 aliphatic carbocycles. The number of amides is 1. The van der Waals surface area contributed by atoms with Crippen molar-refractivity contribution in [2.45, 2.75) is 38.1 Å². The van der Waals surface area contributed by atoms with Gasteiger partial charge in [-0.3, -0.25) is 4.79 Å². The number of aryl methyl sites for hydroxylation is 1. The molecule has 3 N–H and O–H groups in total. The quantitative estimate of drug-likeness (QED) is 0.828. The van der Waals surface area contributed by atoms with Gasteiger partial charge in [-0.05, 0) is 36.9 Å². The molecule has 3 nitrogen and oxygen atoms in total. The normalized spacial score (nSPS) is 23.1. The maximum absolute atomic E-state index is 11.7. The number of benzene rings is 1. The first-order valence-corrected chi connectivity index (χ1v) is 6.34. The van der Waals surface area contributed by atoms with Crippen molar-refractivity contribution in [1.82, 2.24) is 5.32 Å². The summed E-state index contributed by atoms with van der Waals surface area (Å²) in [6.07, 6.45) is 3.09. The molecule has 0 bridgehead atoms. The number of hydrogen-bond donors (Lipinski definition) is 2. The van der Waals surface area contributed by atoms with Crippen LogP contribution in [0.4, 0.5) is 0 Å². The molecule has 0 aromatic heterocycles. The molecule has 1 amide bonds. The lowest BCUT2D eigenvalue weighted by Crippen LogP contribution is -2.44. The van der Waals surface area contributed by atoms with Crippen molar-refractivity contribution in [3.8, 4) is 0 Å². The van der Waals surface area contributed by atoms with Gasteiger partial charge in [-0.2, -0.15) is 0 Å². The zero-order valence-electron chi connectivity index (χ0n) is 10.3. The summed E-state index contributed by atoms with van der Waals surface area (Å²) in [6.45, 7) is 3.07. The zero-order valence-corrected chi connectivity index (χ0v) is 10.3. The minimum atomic E-state index is -0.217. The van der Waals surface area contributed by atoms with E-state index in [-0.39, 0.29) is 17.9 Å². The Balaban J connectivity index is 2.26. The van der Waals surface area contributed by atoms with E-state index >= 15 is 0 Å². The van der Waals surface area contributed by atoms with Crippen LogP contribution in [0.15, 0.2) is 24.3 Å². The Morgan fingerprint density at radius 2 is 2.24 bits per heavy atom. The SMILES string of the molecule is CCCNC1CCc2ccccc2C1C(N)=O. The average Bonchev–Trinajstić information content (AvgIpc) is 2.35. The van der Waals surface area contributed by atoms with Crippen LogP contribution in [-0.2, 0) is 11.2 Å². The van der Waals surface area contributed by atoms with Crippen molar-refractivity contribution in [2.75, 3.05) is 6.54 Å². The second kappa shape index (κ2) is 5.32. The van der Waals surface area contributed by atoms with Crippen LogP contribution in [-0.4, -0.2) is 18.5 Å².